The summed E-state index contributed by atoms with van der Waals surface area (Å²) in [6.07, 6.45) is 5.29. The second-order valence-electron chi connectivity index (χ2n) is 6.40. The number of carbonyl (C=O) groups is 1. The van der Waals surface area contributed by atoms with Crippen molar-refractivity contribution in [3.8, 4) is 0 Å². The molecule has 0 bridgehead atoms. The summed E-state index contributed by atoms with van der Waals surface area (Å²) < 4.78 is 5.47. The van der Waals surface area contributed by atoms with Crippen LogP contribution in [0.25, 0.3) is 0 Å². The Kier molecular flexibility index (Phi) is 6.76. The van der Waals surface area contributed by atoms with Gasteiger partial charge in [-0.05, 0) is 33.1 Å². The van der Waals surface area contributed by atoms with Crippen LogP contribution in [0.15, 0.2) is 0 Å². The summed E-state index contributed by atoms with van der Waals surface area (Å²) in [5.74, 6) is 0.812. The lowest BCUT2D eigenvalue weighted by molar-refractivity contribution is -0.138. The average molecular weight is 305 g/mol. The molecular weight excluding hydrogens is 276 g/mol. The Bertz CT molecular complexity index is 323. The normalized spacial score (nSPS) is 33.9. The van der Waals surface area contributed by atoms with Crippen LogP contribution in [0.2, 0.25) is 0 Å². The molecule has 0 aromatic heterocycles. The van der Waals surface area contributed by atoms with Crippen molar-refractivity contribution in [2.45, 2.75) is 51.5 Å². The van der Waals surface area contributed by atoms with Gasteiger partial charge in [-0.25, -0.2) is 0 Å². The summed E-state index contributed by atoms with van der Waals surface area (Å²) >= 11 is 0. The van der Waals surface area contributed by atoms with Gasteiger partial charge in [-0.2, -0.15) is 0 Å². The smallest absolute Gasteiger partial charge is 0.227 e. The molecule has 0 spiro atoms. The first-order valence-corrected chi connectivity index (χ1v) is 7.70. The predicted octanol–water partition coefficient (Wildman–Crippen LogP) is 2.20. The van der Waals surface area contributed by atoms with Crippen LogP contribution in [0.1, 0.15) is 46.0 Å². The van der Waals surface area contributed by atoms with E-state index < -0.39 is 0 Å². The number of amides is 1. The summed E-state index contributed by atoms with van der Waals surface area (Å²) in [5, 5.41) is 0. The molecule has 1 saturated heterocycles. The van der Waals surface area contributed by atoms with E-state index in [1.54, 1.807) is 0 Å². The molecule has 2 rings (SSSR count). The van der Waals surface area contributed by atoms with Gasteiger partial charge in [0.2, 0.25) is 5.91 Å². The third-order valence-corrected chi connectivity index (χ3v) is 4.71. The van der Waals surface area contributed by atoms with E-state index in [9.17, 15) is 4.79 Å². The second-order valence-corrected chi connectivity index (χ2v) is 6.40. The van der Waals surface area contributed by atoms with Gasteiger partial charge in [0.15, 0.2) is 0 Å². The highest BCUT2D eigenvalue weighted by molar-refractivity contribution is 5.85. The van der Waals surface area contributed by atoms with Gasteiger partial charge < -0.3 is 15.4 Å². The summed E-state index contributed by atoms with van der Waals surface area (Å²) in [6, 6.07) is 0. The van der Waals surface area contributed by atoms with E-state index in [-0.39, 0.29) is 29.8 Å². The molecule has 1 amide bonds. The van der Waals surface area contributed by atoms with Crippen molar-refractivity contribution in [1.82, 2.24) is 4.90 Å². The molecular formula is C15H29ClN2O2. The van der Waals surface area contributed by atoms with Gasteiger partial charge in [-0.15, -0.1) is 12.4 Å². The number of likely N-dealkylation sites (tertiary alicyclic amines) is 1. The standard InChI is InChI=1S/C15H28N2O2.ClH/c1-3-19-11-12-7-9-17(10-12)14(18)13-6-4-5-8-15(13,2)16;/h12-13H,3-11,16H2,1-2H3;1H. The van der Waals surface area contributed by atoms with Crippen molar-refractivity contribution in [2.24, 2.45) is 17.6 Å². The number of ether oxygens (including phenoxy) is 1. The van der Waals surface area contributed by atoms with E-state index in [0.717, 1.165) is 58.4 Å². The van der Waals surface area contributed by atoms with E-state index in [1.807, 2.05) is 18.7 Å². The van der Waals surface area contributed by atoms with Crippen LogP contribution in [0.5, 0.6) is 0 Å². The third-order valence-electron chi connectivity index (χ3n) is 4.71. The van der Waals surface area contributed by atoms with Crippen LogP contribution in [0.3, 0.4) is 0 Å². The molecule has 2 fully saturated rings. The Morgan fingerprint density at radius 2 is 2.15 bits per heavy atom. The first-order chi connectivity index (χ1) is 9.04. The van der Waals surface area contributed by atoms with Crippen molar-refractivity contribution >= 4 is 18.3 Å². The minimum atomic E-state index is -0.312. The van der Waals surface area contributed by atoms with Crippen LogP contribution in [0, 0.1) is 11.8 Å². The fourth-order valence-corrected chi connectivity index (χ4v) is 3.44. The zero-order chi connectivity index (χ0) is 13.9. The maximum Gasteiger partial charge on any atom is 0.227 e. The lowest BCUT2D eigenvalue weighted by Gasteiger charge is -2.39. The lowest BCUT2D eigenvalue weighted by atomic mass is 9.74. The van der Waals surface area contributed by atoms with Crippen molar-refractivity contribution in [2.75, 3.05) is 26.3 Å². The van der Waals surface area contributed by atoms with Gasteiger partial charge >= 0.3 is 0 Å². The molecule has 3 unspecified atom stereocenters. The Balaban J connectivity index is 0.00000200. The molecule has 20 heavy (non-hydrogen) atoms. The Morgan fingerprint density at radius 1 is 1.40 bits per heavy atom. The zero-order valence-corrected chi connectivity index (χ0v) is 13.6. The van der Waals surface area contributed by atoms with Gasteiger partial charge in [0.05, 0.1) is 12.5 Å². The van der Waals surface area contributed by atoms with Crippen molar-refractivity contribution in [1.29, 1.82) is 0 Å². The highest BCUT2D eigenvalue weighted by Crippen LogP contribution is 2.34. The SMILES string of the molecule is CCOCC1CCN(C(=O)C2CCCCC2(C)N)C1.Cl. The lowest BCUT2D eigenvalue weighted by Crippen LogP contribution is -2.53. The summed E-state index contributed by atoms with van der Waals surface area (Å²) in [5.41, 5.74) is 6.02. The van der Waals surface area contributed by atoms with Crippen LogP contribution in [-0.2, 0) is 9.53 Å². The summed E-state index contributed by atoms with van der Waals surface area (Å²) in [4.78, 5) is 14.7. The van der Waals surface area contributed by atoms with Crippen molar-refractivity contribution < 1.29 is 9.53 Å². The van der Waals surface area contributed by atoms with E-state index in [1.165, 1.54) is 0 Å². The highest BCUT2D eigenvalue weighted by Gasteiger charge is 2.41. The topological polar surface area (TPSA) is 55.6 Å². The Hall–Kier alpha value is -0.320. The average Bonchev–Trinajstić information content (AvgIpc) is 2.84. The minimum Gasteiger partial charge on any atom is -0.381 e. The van der Waals surface area contributed by atoms with Gasteiger partial charge in [0.25, 0.3) is 0 Å². The summed E-state index contributed by atoms with van der Waals surface area (Å²) in [7, 11) is 0. The molecule has 5 heteroatoms. The first kappa shape index (κ1) is 17.7. The molecule has 0 aromatic rings. The number of carbonyl (C=O) groups excluding carboxylic acids is 1. The quantitative estimate of drug-likeness (QED) is 0.866. The van der Waals surface area contributed by atoms with Gasteiger partial charge in [-0.1, -0.05) is 12.8 Å². The number of nitrogens with zero attached hydrogens (tertiary/aromatic N) is 1. The van der Waals surface area contributed by atoms with E-state index in [0.29, 0.717) is 5.92 Å². The van der Waals surface area contributed by atoms with Gasteiger partial charge in [-0.3, -0.25) is 4.79 Å². The number of halogens is 1. The monoisotopic (exact) mass is 304 g/mol. The largest absolute Gasteiger partial charge is 0.381 e. The molecule has 0 radical (unpaired) electrons. The van der Waals surface area contributed by atoms with E-state index >= 15 is 0 Å². The molecule has 2 N–H and O–H groups in total. The molecule has 1 aliphatic carbocycles. The van der Waals surface area contributed by atoms with Gasteiger partial charge in [0, 0.05) is 31.2 Å². The van der Waals surface area contributed by atoms with E-state index in [4.69, 9.17) is 10.5 Å². The van der Waals surface area contributed by atoms with Crippen molar-refractivity contribution in [3.63, 3.8) is 0 Å². The number of hydrogen-bond donors (Lipinski definition) is 1. The molecule has 4 nitrogen and oxygen atoms in total. The van der Waals surface area contributed by atoms with Crippen molar-refractivity contribution in [3.05, 3.63) is 0 Å². The Labute approximate surface area is 128 Å². The maximum atomic E-state index is 12.6. The molecule has 2 aliphatic rings. The molecule has 1 aliphatic heterocycles. The third kappa shape index (κ3) is 4.09. The van der Waals surface area contributed by atoms with E-state index in [2.05, 4.69) is 0 Å². The van der Waals surface area contributed by atoms with Crippen LogP contribution >= 0.6 is 12.4 Å². The number of hydrogen-bond acceptors (Lipinski definition) is 3. The van der Waals surface area contributed by atoms with Crippen LogP contribution < -0.4 is 5.73 Å². The Morgan fingerprint density at radius 3 is 2.80 bits per heavy atom. The molecule has 3 atom stereocenters. The fraction of sp³-hybridized carbons (Fsp3) is 0.933. The predicted molar refractivity (Wildman–Crippen MR) is 83.0 cm³/mol. The first-order valence-electron chi connectivity index (χ1n) is 7.70. The number of rotatable bonds is 4. The zero-order valence-electron chi connectivity index (χ0n) is 12.8. The molecule has 1 heterocycles. The number of nitrogens with two attached hydrogens (primary N) is 1. The summed E-state index contributed by atoms with van der Waals surface area (Å²) in [6.45, 7) is 7.33. The maximum absolute atomic E-state index is 12.6. The highest BCUT2D eigenvalue weighted by atomic mass is 35.5. The fourth-order valence-electron chi connectivity index (χ4n) is 3.44. The minimum absolute atomic E-state index is 0. The van der Waals surface area contributed by atoms with Crippen LogP contribution in [0.4, 0.5) is 0 Å². The molecule has 0 aromatic carbocycles. The second kappa shape index (κ2) is 7.62. The van der Waals surface area contributed by atoms with Crippen LogP contribution in [-0.4, -0.2) is 42.6 Å². The molecule has 1 saturated carbocycles. The molecule has 118 valence electrons. The van der Waals surface area contributed by atoms with Gasteiger partial charge in [0.1, 0.15) is 0 Å².